The molecule has 3 heterocycles. The number of benzene rings is 1. The number of ketones is 1. The maximum atomic E-state index is 14.4. The molecule has 3 aromatic heterocycles. The molecule has 0 unspecified atom stereocenters. The zero-order chi connectivity index (χ0) is 33.9. The van der Waals surface area contributed by atoms with Crippen molar-refractivity contribution >= 4 is 21.9 Å². The van der Waals surface area contributed by atoms with Gasteiger partial charge in [-0.15, -0.1) is 5.10 Å². The lowest BCUT2D eigenvalue weighted by atomic mass is 9.60. The highest BCUT2D eigenvalue weighted by Gasteiger charge is 2.53. The lowest BCUT2D eigenvalue weighted by molar-refractivity contribution is -0.140. The minimum Gasteiger partial charge on any atom is -0.291 e. The van der Waals surface area contributed by atoms with E-state index >= 15 is 0 Å². The first-order valence-corrected chi connectivity index (χ1v) is 15.5. The van der Waals surface area contributed by atoms with Crippen molar-refractivity contribution in [2.75, 3.05) is 6.54 Å². The molecule has 4 aromatic rings. The van der Waals surface area contributed by atoms with Gasteiger partial charge in [-0.25, -0.2) is 17.5 Å². The number of Topliss-reactive ketones (excluding diaryl/α,β-unsaturated/α-hetero) is 1. The standard InChI is InChI=1S/C29H24F7N7O3S/c1-41-38-15-25(40-41)47(45,46)42(16-28(31,32)33)22-5-2-18-11-24-17(14-39-43(24)21-6-3-20(30)4-7-21)12-27(18,13-22)26(44)23-10-19(8-9-37-23)29(34,35)36/h3-4,6-11,14-15,22H,2,5,12-13,16H2,1H3/t22-,27-/m0/s1. The lowest BCUT2D eigenvalue weighted by Crippen LogP contribution is -2.52. The largest absolute Gasteiger partial charge is 0.416 e. The highest BCUT2D eigenvalue weighted by atomic mass is 32.2. The van der Waals surface area contributed by atoms with Gasteiger partial charge in [0.05, 0.1) is 34.8 Å². The molecule has 0 bridgehead atoms. The van der Waals surface area contributed by atoms with Crippen molar-refractivity contribution in [1.29, 1.82) is 0 Å². The minimum atomic E-state index is -5.00. The van der Waals surface area contributed by atoms with Gasteiger partial charge in [-0.05, 0) is 73.7 Å². The normalized spacial score (nSPS) is 20.1. The van der Waals surface area contributed by atoms with Crippen molar-refractivity contribution < 1.29 is 43.9 Å². The second-order valence-electron chi connectivity index (χ2n) is 11.4. The third-order valence-electron chi connectivity index (χ3n) is 8.35. The molecule has 0 N–H and O–H groups in total. The third-order valence-corrected chi connectivity index (χ3v) is 10.1. The van der Waals surface area contributed by atoms with Crippen LogP contribution >= 0.6 is 0 Å². The van der Waals surface area contributed by atoms with Gasteiger partial charge in [0.25, 0.3) is 10.0 Å². The van der Waals surface area contributed by atoms with Crippen LogP contribution in [0, 0.1) is 11.2 Å². The van der Waals surface area contributed by atoms with Gasteiger partial charge in [0.1, 0.15) is 18.1 Å². The smallest absolute Gasteiger partial charge is 0.291 e. The molecule has 2 atom stereocenters. The number of hydrogen-bond acceptors (Lipinski definition) is 7. The molecule has 6 rings (SSSR count). The van der Waals surface area contributed by atoms with Crippen molar-refractivity contribution in [3.63, 3.8) is 0 Å². The van der Waals surface area contributed by atoms with E-state index in [0.29, 0.717) is 34.7 Å². The van der Waals surface area contributed by atoms with Crippen molar-refractivity contribution in [1.82, 2.24) is 34.1 Å². The summed E-state index contributed by atoms with van der Waals surface area (Å²) in [5.74, 6) is -1.41. The number of carbonyl (C=O) groups is 1. The fraction of sp³-hybridized carbons (Fsp3) is 0.345. The summed E-state index contributed by atoms with van der Waals surface area (Å²) < 4.78 is 125. The Labute approximate surface area is 262 Å². The summed E-state index contributed by atoms with van der Waals surface area (Å²) in [4.78, 5) is 19.1. The fourth-order valence-corrected chi connectivity index (χ4v) is 7.78. The van der Waals surface area contributed by atoms with Gasteiger partial charge in [-0.3, -0.25) is 9.78 Å². The fourth-order valence-electron chi connectivity index (χ4n) is 6.25. The van der Waals surface area contributed by atoms with E-state index in [0.717, 1.165) is 17.2 Å². The molecule has 0 radical (unpaired) electrons. The first-order chi connectivity index (χ1) is 22.0. The average molecular weight is 684 g/mol. The van der Waals surface area contributed by atoms with Crippen molar-refractivity contribution in [2.24, 2.45) is 12.5 Å². The molecule has 1 aromatic carbocycles. The summed E-state index contributed by atoms with van der Waals surface area (Å²) in [6.45, 7) is -1.91. The van der Waals surface area contributed by atoms with Crippen LogP contribution in [0.25, 0.3) is 11.8 Å². The Morgan fingerprint density at radius 3 is 2.43 bits per heavy atom. The molecule has 0 amide bonds. The van der Waals surface area contributed by atoms with Crippen LogP contribution in [0.1, 0.15) is 46.6 Å². The van der Waals surface area contributed by atoms with E-state index in [1.165, 1.54) is 42.2 Å². The van der Waals surface area contributed by atoms with Crippen LogP contribution in [-0.4, -0.2) is 67.0 Å². The van der Waals surface area contributed by atoms with Crippen LogP contribution in [0.3, 0.4) is 0 Å². The zero-order valence-corrected chi connectivity index (χ0v) is 25.1. The van der Waals surface area contributed by atoms with E-state index in [4.69, 9.17) is 0 Å². The summed E-state index contributed by atoms with van der Waals surface area (Å²) in [5.41, 5.74) is -1.82. The van der Waals surface area contributed by atoms with Gasteiger partial charge < -0.3 is 0 Å². The number of hydrogen-bond donors (Lipinski definition) is 0. The van der Waals surface area contributed by atoms with E-state index in [1.54, 1.807) is 6.08 Å². The summed E-state index contributed by atoms with van der Waals surface area (Å²) in [6.07, 6.45) is -6.21. The third kappa shape index (κ3) is 6.06. The highest BCUT2D eigenvalue weighted by molar-refractivity contribution is 7.89. The van der Waals surface area contributed by atoms with E-state index in [9.17, 15) is 43.9 Å². The number of aromatic nitrogens is 6. The van der Waals surface area contributed by atoms with E-state index in [1.807, 2.05) is 0 Å². The SMILES string of the molecule is Cn1ncc(S(=O)(=O)N(CC(F)(F)F)[C@H]2CCC3=Cc4c(cnn4-c4ccc(F)cc4)C[C@]3(C(=O)c3cc(C(F)(F)F)ccn3)C2)n1. The Morgan fingerprint density at radius 2 is 1.79 bits per heavy atom. The van der Waals surface area contributed by atoms with Gasteiger partial charge in [0.15, 0.2) is 5.78 Å². The van der Waals surface area contributed by atoms with Crippen LogP contribution < -0.4 is 0 Å². The minimum absolute atomic E-state index is 0.0895. The molecule has 0 saturated heterocycles. The lowest BCUT2D eigenvalue weighted by Gasteiger charge is -2.46. The first kappa shape index (κ1) is 32.5. The number of carbonyl (C=O) groups excluding carboxylic acids is 1. The van der Waals surface area contributed by atoms with Crippen LogP contribution in [0.5, 0.6) is 0 Å². The molecule has 10 nitrogen and oxygen atoms in total. The van der Waals surface area contributed by atoms with Gasteiger partial charge in [0.2, 0.25) is 5.03 Å². The van der Waals surface area contributed by atoms with Crippen molar-refractivity contribution in [2.45, 2.75) is 49.1 Å². The van der Waals surface area contributed by atoms with Gasteiger partial charge in [0, 0.05) is 19.3 Å². The highest BCUT2D eigenvalue weighted by Crippen LogP contribution is 2.52. The molecular formula is C29H24F7N7O3S. The molecule has 1 saturated carbocycles. The number of nitrogens with zero attached hydrogens (tertiary/aromatic N) is 7. The number of aryl methyl sites for hydroxylation is 1. The van der Waals surface area contributed by atoms with E-state index in [2.05, 4.69) is 20.3 Å². The maximum Gasteiger partial charge on any atom is 0.416 e. The van der Waals surface area contributed by atoms with Gasteiger partial charge >= 0.3 is 12.4 Å². The molecule has 2 aliphatic carbocycles. The van der Waals surface area contributed by atoms with E-state index < -0.39 is 74.7 Å². The summed E-state index contributed by atoms with van der Waals surface area (Å²) in [6, 6.07) is 5.17. The molecular weight excluding hydrogens is 659 g/mol. The number of alkyl halides is 6. The number of fused-ring (bicyclic) bond motifs is 2. The van der Waals surface area contributed by atoms with Crippen LogP contribution in [0.2, 0.25) is 0 Å². The Kier molecular flexibility index (Phi) is 7.85. The van der Waals surface area contributed by atoms with Crippen LogP contribution in [-0.2, 0) is 29.7 Å². The summed E-state index contributed by atoms with van der Waals surface area (Å²) >= 11 is 0. The Hall–Kier alpha value is -4.45. The first-order valence-electron chi connectivity index (χ1n) is 14.0. The molecule has 47 heavy (non-hydrogen) atoms. The molecule has 1 fully saturated rings. The van der Waals surface area contributed by atoms with Crippen LogP contribution in [0.4, 0.5) is 30.7 Å². The maximum absolute atomic E-state index is 14.4. The number of allylic oxidation sites excluding steroid dienone is 1. The molecule has 0 aliphatic heterocycles. The Bertz CT molecular complexity index is 1990. The van der Waals surface area contributed by atoms with Crippen molar-refractivity contribution in [3.8, 4) is 5.69 Å². The second kappa shape index (κ2) is 11.4. The van der Waals surface area contributed by atoms with E-state index in [-0.39, 0.29) is 23.6 Å². The average Bonchev–Trinajstić information content (AvgIpc) is 3.64. The molecule has 0 spiro atoms. The number of pyridine rings is 1. The number of halogens is 7. The molecule has 2 aliphatic rings. The predicted molar refractivity (Wildman–Crippen MR) is 150 cm³/mol. The topological polar surface area (TPSA) is 116 Å². The quantitative estimate of drug-likeness (QED) is 0.195. The molecule has 18 heteroatoms. The Balaban J connectivity index is 1.48. The van der Waals surface area contributed by atoms with Crippen LogP contribution in [0.15, 0.2) is 65.6 Å². The predicted octanol–water partition coefficient (Wildman–Crippen LogP) is 5.17. The Morgan fingerprint density at radius 1 is 1.06 bits per heavy atom. The zero-order valence-electron chi connectivity index (χ0n) is 24.3. The molecule has 248 valence electrons. The van der Waals surface area contributed by atoms with Gasteiger partial charge in [-0.1, -0.05) is 5.57 Å². The summed E-state index contributed by atoms with van der Waals surface area (Å²) in [7, 11) is -3.63. The second-order valence-corrected chi connectivity index (χ2v) is 13.2. The number of rotatable bonds is 7. The van der Waals surface area contributed by atoms with Crippen molar-refractivity contribution in [3.05, 3.63) is 88.9 Å². The van der Waals surface area contributed by atoms with Gasteiger partial charge in [-0.2, -0.15) is 45.6 Å². The monoisotopic (exact) mass is 683 g/mol. The summed E-state index contributed by atoms with van der Waals surface area (Å²) in [5, 5.41) is 11.0. The number of sulfonamides is 1.